The zero-order valence-corrected chi connectivity index (χ0v) is 12.0. The molecule has 0 spiro atoms. The van der Waals surface area contributed by atoms with E-state index in [1.54, 1.807) is 0 Å². The third-order valence-electron chi connectivity index (χ3n) is 2.76. The Morgan fingerprint density at radius 2 is 1.86 bits per heavy atom. The van der Waals surface area contributed by atoms with Crippen LogP contribution in [0.25, 0.3) is 0 Å². The molecule has 2 N–H and O–H groups in total. The molecule has 0 aliphatic carbocycles. The SMILES string of the molecule is O=C(O)c1ccc(F)c(CNc2c(F)cc(F)cc2Br)c1. The Balaban J connectivity index is 2.24. The third kappa shape index (κ3) is 3.55. The van der Waals surface area contributed by atoms with Crippen molar-refractivity contribution in [2.24, 2.45) is 0 Å². The van der Waals surface area contributed by atoms with Gasteiger partial charge >= 0.3 is 5.97 Å². The van der Waals surface area contributed by atoms with Crippen molar-refractivity contribution in [1.82, 2.24) is 0 Å². The highest BCUT2D eigenvalue weighted by Gasteiger charge is 2.12. The molecular formula is C14H9BrF3NO2. The number of hydrogen-bond donors (Lipinski definition) is 2. The van der Waals surface area contributed by atoms with Gasteiger partial charge in [-0.25, -0.2) is 18.0 Å². The van der Waals surface area contributed by atoms with Crippen molar-refractivity contribution in [3.05, 3.63) is 63.4 Å². The molecule has 0 aliphatic heterocycles. The first kappa shape index (κ1) is 15.4. The number of carbonyl (C=O) groups is 1. The molecule has 0 atom stereocenters. The highest BCUT2D eigenvalue weighted by atomic mass is 79.9. The van der Waals surface area contributed by atoms with Crippen molar-refractivity contribution in [2.75, 3.05) is 5.32 Å². The fourth-order valence-corrected chi connectivity index (χ4v) is 2.29. The number of halogens is 4. The van der Waals surface area contributed by atoms with Gasteiger partial charge in [0.05, 0.1) is 11.3 Å². The molecule has 2 rings (SSSR count). The summed E-state index contributed by atoms with van der Waals surface area (Å²) in [5, 5.41) is 11.5. The predicted octanol–water partition coefficient (Wildman–Crippen LogP) is 4.18. The maximum Gasteiger partial charge on any atom is 0.335 e. The predicted molar refractivity (Wildman–Crippen MR) is 74.7 cm³/mol. The Bertz CT molecular complexity index is 684. The van der Waals surface area contributed by atoms with E-state index in [-0.39, 0.29) is 27.8 Å². The van der Waals surface area contributed by atoms with Crippen LogP contribution < -0.4 is 5.32 Å². The average molecular weight is 360 g/mol. The molecule has 0 aromatic heterocycles. The highest BCUT2D eigenvalue weighted by Crippen LogP contribution is 2.27. The van der Waals surface area contributed by atoms with E-state index >= 15 is 0 Å². The van der Waals surface area contributed by atoms with Gasteiger partial charge in [0.25, 0.3) is 0 Å². The molecule has 2 aromatic rings. The summed E-state index contributed by atoms with van der Waals surface area (Å²) < 4.78 is 40.3. The lowest BCUT2D eigenvalue weighted by atomic mass is 10.1. The zero-order valence-electron chi connectivity index (χ0n) is 10.5. The van der Waals surface area contributed by atoms with Crippen LogP contribution in [-0.2, 0) is 6.54 Å². The first-order chi connectivity index (χ1) is 9.88. The van der Waals surface area contributed by atoms with Crippen molar-refractivity contribution in [1.29, 1.82) is 0 Å². The fourth-order valence-electron chi connectivity index (χ4n) is 1.74. The molecule has 0 saturated carbocycles. The standard InChI is InChI=1S/C14H9BrF3NO2/c15-10-4-9(16)5-12(18)13(10)19-6-8-3-7(14(20)21)1-2-11(8)17/h1-5,19H,6H2,(H,20,21). The minimum Gasteiger partial charge on any atom is -0.478 e. The zero-order chi connectivity index (χ0) is 15.6. The Morgan fingerprint density at radius 1 is 1.14 bits per heavy atom. The smallest absolute Gasteiger partial charge is 0.335 e. The maximum absolute atomic E-state index is 13.6. The molecule has 0 fully saturated rings. The van der Waals surface area contributed by atoms with Crippen molar-refractivity contribution in [2.45, 2.75) is 6.54 Å². The molecule has 0 saturated heterocycles. The third-order valence-corrected chi connectivity index (χ3v) is 3.38. The molecule has 3 nitrogen and oxygen atoms in total. The summed E-state index contributed by atoms with van der Waals surface area (Å²) in [4.78, 5) is 10.8. The lowest BCUT2D eigenvalue weighted by Gasteiger charge is -2.11. The van der Waals surface area contributed by atoms with E-state index in [1.165, 1.54) is 0 Å². The van der Waals surface area contributed by atoms with Gasteiger partial charge in [-0.2, -0.15) is 0 Å². The van der Waals surface area contributed by atoms with E-state index in [1.807, 2.05) is 0 Å². The first-order valence-electron chi connectivity index (χ1n) is 5.78. The van der Waals surface area contributed by atoms with Gasteiger partial charge in [-0.1, -0.05) is 0 Å². The van der Waals surface area contributed by atoms with Crippen LogP contribution >= 0.6 is 15.9 Å². The number of rotatable bonds is 4. The summed E-state index contributed by atoms with van der Waals surface area (Å²) >= 11 is 3.00. The van der Waals surface area contributed by atoms with Gasteiger partial charge in [-0.3, -0.25) is 0 Å². The highest BCUT2D eigenvalue weighted by molar-refractivity contribution is 9.10. The Labute approximate surface area is 126 Å². The molecule has 0 heterocycles. The van der Waals surface area contributed by atoms with Crippen molar-refractivity contribution in [3.63, 3.8) is 0 Å². The van der Waals surface area contributed by atoms with Gasteiger partial charge in [-0.05, 0) is 40.2 Å². The summed E-state index contributed by atoms with van der Waals surface area (Å²) in [5.41, 5.74) is -0.0473. The van der Waals surface area contributed by atoms with Gasteiger partial charge in [0.2, 0.25) is 0 Å². The number of carboxylic acids is 1. The van der Waals surface area contributed by atoms with Crippen LogP contribution in [0.1, 0.15) is 15.9 Å². The first-order valence-corrected chi connectivity index (χ1v) is 6.58. The Kier molecular flexibility index (Phi) is 4.52. The van der Waals surface area contributed by atoms with Gasteiger partial charge in [0, 0.05) is 22.6 Å². The number of carboxylic acid groups (broad SMARTS) is 1. The van der Waals surface area contributed by atoms with Gasteiger partial charge < -0.3 is 10.4 Å². The monoisotopic (exact) mass is 359 g/mol. The molecule has 0 aliphatic rings. The van der Waals surface area contributed by atoms with Gasteiger partial charge in [-0.15, -0.1) is 0 Å². The lowest BCUT2D eigenvalue weighted by molar-refractivity contribution is 0.0696. The van der Waals surface area contributed by atoms with E-state index < -0.39 is 23.4 Å². The number of aromatic carboxylic acids is 1. The molecule has 2 aromatic carbocycles. The van der Waals surface area contributed by atoms with E-state index in [9.17, 15) is 18.0 Å². The molecule has 7 heteroatoms. The van der Waals surface area contributed by atoms with Crippen molar-refractivity contribution in [3.8, 4) is 0 Å². The minimum absolute atomic E-state index is 0.0310. The van der Waals surface area contributed by atoms with Crippen LogP contribution in [0.2, 0.25) is 0 Å². The second kappa shape index (κ2) is 6.17. The topological polar surface area (TPSA) is 49.3 Å². The van der Waals surface area contributed by atoms with Crippen LogP contribution in [0.5, 0.6) is 0 Å². The quantitative estimate of drug-likeness (QED) is 0.860. The van der Waals surface area contributed by atoms with Crippen LogP contribution in [0.4, 0.5) is 18.9 Å². The molecule has 0 bridgehead atoms. The maximum atomic E-state index is 13.6. The van der Waals surface area contributed by atoms with Crippen LogP contribution in [-0.4, -0.2) is 11.1 Å². The molecule has 110 valence electrons. The second-order valence-electron chi connectivity index (χ2n) is 4.21. The normalized spacial score (nSPS) is 10.5. The Hall–Kier alpha value is -2.02. The van der Waals surface area contributed by atoms with E-state index in [4.69, 9.17) is 5.11 Å². The summed E-state index contributed by atoms with van der Waals surface area (Å²) in [7, 11) is 0. The largest absolute Gasteiger partial charge is 0.478 e. The molecule has 0 radical (unpaired) electrons. The number of hydrogen-bond acceptors (Lipinski definition) is 2. The number of nitrogens with one attached hydrogen (secondary N) is 1. The fraction of sp³-hybridized carbons (Fsp3) is 0.0714. The minimum atomic E-state index is -1.19. The van der Waals surface area contributed by atoms with E-state index in [0.29, 0.717) is 6.07 Å². The van der Waals surface area contributed by atoms with E-state index in [0.717, 1.165) is 24.3 Å². The van der Waals surface area contributed by atoms with Crippen LogP contribution in [0.15, 0.2) is 34.8 Å². The number of anilines is 1. The molecule has 0 amide bonds. The van der Waals surface area contributed by atoms with Crippen LogP contribution in [0, 0.1) is 17.5 Å². The number of benzene rings is 2. The summed E-state index contributed by atoms with van der Waals surface area (Å²) in [6.07, 6.45) is 0. The van der Waals surface area contributed by atoms with Gasteiger partial charge in [0.1, 0.15) is 17.5 Å². The summed E-state index contributed by atoms with van der Waals surface area (Å²) in [6, 6.07) is 5.07. The lowest BCUT2D eigenvalue weighted by Crippen LogP contribution is -2.06. The van der Waals surface area contributed by atoms with Gasteiger partial charge in [0.15, 0.2) is 0 Å². The summed E-state index contributed by atoms with van der Waals surface area (Å²) in [5.74, 6) is -3.39. The van der Waals surface area contributed by atoms with Crippen molar-refractivity contribution < 1.29 is 23.1 Å². The molecule has 21 heavy (non-hydrogen) atoms. The van der Waals surface area contributed by atoms with Crippen LogP contribution in [0.3, 0.4) is 0 Å². The van der Waals surface area contributed by atoms with Crippen molar-refractivity contribution >= 4 is 27.6 Å². The Morgan fingerprint density at radius 3 is 2.48 bits per heavy atom. The van der Waals surface area contributed by atoms with E-state index in [2.05, 4.69) is 21.2 Å². The average Bonchev–Trinajstić information content (AvgIpc) is 2.39. The molecule has 0 unspecified atom stereocenters. The molecular weight excluding hydrogens is 351 g/mol. The second-order valence-corrected chi connectivity index (χ2v) is 5.06. The summed E-state index contributed by atoms with van der Waals surface area (Å²) in [6.45, 7) is -0.145.